The third-order valence-corrected chi connectivity index (χ3v) is 7.22. The van der Waals surface area contributed by atoms with Gasteiger partial charge in [0.2, 0.25) is 5.91 Å². The van der Waals surface area contributed by atoms with Gasteiger partial charge < -0.3 is 9.88 Å². The second-order valence-electron chi connectivity index (χ2n) is 9.81. The zero-order chi connectivity index (χ0) is 25.8. The van der Waals surface area contributed by atoms with E-state index >= 15 is 0 Å². The van der Waals surface area contributed by atoms with Crippen LogP contribution in [0.3, 0.4) is 0 Å². The van der Waals surface area contributed by atoms with Gasteiger partial charge in [-0.25, -0.2) is 14.3 Å². The number of amides is 1. The minimum atomic E-state index is -0.490. The summed E-state index contributed by atoms with van der Waals surface area (Å²) in [7, 11) is 0. The van der Waals surface area contributed by atoms with Crippen LogP contribution in [0.25, 0.3) is 11.2 Å². The first-order valence-corrected chi connectivity index (χ1v) is 13.2. The molecule has 2 aromatic carbocycles. The van der Waals surface area contributed by atoms with Crippen LogP contribution in [0.4, 0.5) is 5.69 Å². The van der Waals surface area contributed by atoms with Crippen molar-refractivity contribution in [3.05, 3.63) is 92.9 Å². The Kier molecular flexibility index (Phi) is 7.35. The van der Waals surface area contributed by atoms with Crippen LogP contribution in [0.2, 0.25) is 0 Å². The molecule has 8 heteroatoms. The highest BCUT2D eigenvalue weighted by Gasteiger charge is 2.24. The number of rotatable bonds is 9. The molecular formula is C29H33N5O3. The predicted molar refractivity (Wildman–Crippen MR) is 145 cm³/mol. The topological polar surface area (TPSA) is 90.9 Å². The molecule has 1 amide bonds. The van der Waals surface area contributed by atoms with Crippen LogP contribution in [-0.2, 0) is 24.3 Å². The lowest BCUT2D eigenvalue weighted by molar-refractivity contribution is -0.116. The number of aromatic nitrogens is 4. The summed E-state index contributed by atoms with van der Waals surface area (Å²) in [6.07, 6.45) is 8.21. The van der Waals surface area contributed by atoms with Crippen LogP contribution in [0.15, 0.2) is 70.5 Å². The van der Waals surface area contributed by atoms with Gasteiger partial charge in [-0.1, -0.05) is 74.7 Å². The van der Waals surface area contributed by atoms with E-state index in [1.54, 1.807) is 10.9 Å². The number of hydrogen-bond donors (Lipinski definition) is 1. The van der Waals surface area contributed by atoms with E-state index in [1.165, 1.54) is 0 Å². The summed E-state index contributed by atoms with van der Waals surface area (Å²) in [5, 5.41) is 2.94. The monoisotopic (exact) mass is 499 g/mol. The van der Waals surface area contributed by atoms with Gasteiger partial charge >= 0.3 is 5.69 Å². The van der Waals surface area contributed by atoms with E-state index in [-0.39, 0.29) is 12.6 Å². The van der Waals surface area contributed by atoms with Gasteiger partial charge in [0.15, 0.2) is 11.2 Å². The van der Waals surface area contributed by atoms with E-state index in [0.717, 1.165) is 54.2 Å². The maximum atomic E-state index is 13.6. The Morgan fingerprint density at radius 2 is 1.73 bits per heavy atom. The van der Waals surface area contributed by atoms with Crippen molar-refractivity contribution in [3.63, 3.8) is 0 Å². The molecule has 1 N–H and O–H groups in total. The van der Waals surface area contributed by atoms with Crippen LogP contribution in [0.5, 0.6) is 0 Å². The van der Waals surface area contributed by atoms with Gasteiger partial charge in [0.1, 0.15) is 6.54 Å². The number of nitrogens with one attached hydrogen (secondary N) is 1. The SMILES string of the molecule is CCCCn1c(=O)n(CC(=O)Nc2ccccc2Cc2ccccc2)c(=O)c2c1ncn2C1CCCC1. The van der Waals surface area contributed by atoms with Crippen molar-refractivity contribution in [2.45, 2.75) is 71.0 Å². The summed E-state index contributed by atoms with van der Waals surface area (Å²) in [6, 6.07) is 17.8. The molecule has 8 nitrogen and oxygen atoms in total. The molecule has 0 unspecified atom stereocenters. The Bertz CT molecular complexity index is 1510. The Hall–Kier alpha value is -3.94. The second-order valence-corrected chi connectivity index (χ2v) is 9.81. The van der Waals surface area contributed by atoms with Crippen molar-refractivity contribution in [2.24, 2.45) is 0 Å². The standard InChI is InChI=1S/C29H33N5O3/c1-2-3-17-32-27-26(34(20-30-27)23-14-8-9-15-23)28(36)33(29(32)37)19-25(35)31-24-16-10-7-13-22(24)18-21-11-5-4-6-12-21/h4-7,10-13,16,20,23H,2-3,8-9,14-15,17-19H2,1H3,(H,31,35). The molecule has 1 aliphatic carbocycles. The Morgan fingerprint density at radius 3 is 2.49 bits per heavy atom. The van der Waals surface area contributed by atoms with E-state index in [9.17, 15) is 14.4 Å². The molecule has 192 valence electrons. The Labute approximate surface area is 215 Å². The lowest BCUT2D eigenvalue weighted by Gasteiger charge is -2.16. The molecule has 0 aliphatic heterocycles. The lowest BCUT2D eigenvalue weighted by Crippen LogP contribution is -2.43. The molecule has 0 atom stereocenters. The smallest absolute Gasteiger partial charge is 0.324 e. The number of fused-ring (bicyclic) bond motifs is 1. The molecular weight excluding hydrogens is 466 g/mol. The zero-order valence-electron chi connectivity index (χ0n) is 21.2. The van der Waals surface area contributed by atoms with Gasteiger partial charge in [-0.3, -0.25) is 14.2 Å². The van der Waals surface area contributed by atoms with Crippen molar-refractivity contribution in [2.75, 3.05) is 5.32 Å². The first-order valence-electron chi connectivity index (χ1n) is 13.2. The van der Waals surface area contributed by atoms with Crippen LogP contribution >= 0.6 is 0 Å². The summed E-state index contributed by atoms with van der Waals surface area (Å²) in [5.74, 6) is -0.409. The molecule has 2 aromatic heterocycles. The number of imidazole rings is 1. The third kappa shape index (κ3) is 5.14. The fourth-order valence-corrected chi connectivity index (χ4v) is 5.27. The number of benzene rings is 2. The molecule has 2 heterocycles. The predicted octanol–water partition coefficient (Wildman–Crippen LogP) is 4.50. The first kappa shape index (κ1) is 24.7. The number of aryl methyl sites for hydroxylation is 1. The fraction of sp³-hybridized carbons (Fsp3) is 0.379. The van der Waals surface area contributed by atoms with Gasteiger partial charge in [0, 0.05) is 18.3 Å². The van der Waals surface area contributed by atoms with Crippen molar-refractivity contribution in [3.8, 4) is 0 Å². The maximum Gasteiger partial charge on any atom is 0.333 e. The van der Waals surface area contributed by atoms with Crippen molar-refractivity contribution in [1.82, 2.24) is 18.7 Å². The molecule has 0 bridgehead atoms. The zero-order valence-corrected chi connectivity index (χ0v) is 21.2. The van der Waals surface area contributed by atoms with E-state index in [1.807, 2.05) is 59.2 Å². The van der Waals surface area contributed by atoms with Gasteiger partial charge in [-0.15, -0.1) is 0 Å². The van der Waals surface area contributed by atoms with Crippen molar-refractivity contribution >= 4 is 22.8 Å². The highest BCUT2D eigenvalue weighted by Crippen LogP contribution is 2.31. The Morgan fingerprint density at radius 1 is 1.00 bits per heavy atom. The second kappa shape index (κ2) is 11.0. The number of anilines is 1. The number of carbonyl (C=O) groups excluding carboxylic acids is 1. The van der Waals surface area contributed by atoms with E-state index in [0.29, 0.717) is 29.8 Å². The summed E-state index contributed by atoms with van der Waals surface area (Å²) >= 11 is 0. The molecule has 1 saturated carbocycles. The summed E-state index contributed by atoms with van der Waals surface area (Å²) in [6.45, 7) is 2.15. The fourth-order valence-electron chi connectivity index (χ4n) is 5.27. The van der Waals surface area contributed by atoms with E-state index in [2.05, 4.69) is 17.2 Å². The number of hydrogen-bond acceptors (Lipinski definition) is 4. The van der Waals surface area contributed by atoms with E-state index in [4.69, 9.17) is 0 Å². The number of carbonyl (C=O) groups is 1. The largest absolute Gasteiger partial charge is 0.333 e. The first-order chi connectivity index (χ1) is 18.1. The van der Waals surface area contributed by atoms with Crippen LogP contribution in [0.1, 0.15) is 62.6 Å². The van der Waals surface area contributed by atoms with Gasteiger partial charge in [0.05, 0.1) is 6.33 Å². The van der Waals surface area contributed by atoms with Crippen LogP contribution in [-0.4, -0.2) is 24.6 Å². The highest BCUT2D eigenvalue weighted by atomic mass is 16.2. The quantitative estimate of drug-likeness (QED) is 0.367. The minimum absolute atomic E-state index is 0.196. The van der Waals surface area contributed by atoms with Crippen molar-refractivity contribution in [1.29, 1.82) is 0 Å². The number of nitrogens with zero attached hydrogens (tertiary/aromatic N) is 4. The normalized spacial score (nSPS) is 13.9. The molecule has 0 spiro atoms. The molecule has 1 fully saturated rings. The third-order valence-electron chi connectivity index (χ3n) is 7.22. The molecule has 5 rings (SSSR count). The number of unbranched alkanes of at least 4 members (excludes halogenated alkanes) is 1. The van der Waals surface area contributed by atoms with Gasteiger partial charge in [-0.05, 0) is 42.9 Å². The van der Waals surface area contributed by atoms with Crippen LogP contribution in [0, 0.1) is 0 Å². The molecule has 0 radical (unpaired) electrons. The molecule has 4 aromatic rings. The maximum absolute atomic E-state index is 13.6. The molecule has 0 saturated heterocycles. The van der Waals surface area contributed by atoms with Crippen molar-refractivity contribution < 1.29 is 4.79 Å². The summed E-state index contributed by atoms with van der Waals surface area (Å²) in [4.78, 5) is 44.7. The minimum Gasteiger partial charge on any atom is -0.324 e. The average molecular weight is 500 g/mol. The Balaban J connectivity index is 1.48. The van der Waals surface area contributed by atoms with Gasteiger partial charge in [-0.2, -0.15) is 0 Å². The van der Waals surface area contributed by atoms with Crippen LogP contribution < -0.4 is 16.6 Å². The summed E-state index contributed by atoms with van der Waals surface area (Å²) in [5.41, 5.74) is 2.66. The average Bonchev–Trinajstić information content (AvgIpc) is 3.59. The molecule has 37 heavy (non-hydrogen) atoms. The molecule has 1 aliphatic rings. The van der Waals surface area contributed by atoms with E-state index < -0.39 is 17.2 Å². The summed E-state index contributed by atoms with van der Waals surface area (Å²) < 4.78 is 4.55. The lowest BCUT2D eigenvalue weighted by atomic mass is 10.0. The number of para-hydroxylation sites is 1. The van der Waals surface area contributed by atoms with Gasteiger partial charge in [0.25, 0.3) is 5.56 Å². The highest BCUT2D eigenvalue weighted by molar-refractivity contribution is 5.91.